The van der Waals surface area contributed by atoms with E-state index in [9.17, 15) is 4.79 Å². The number of para-hydroxylation sites is 1. The van der Waals surface area contributed by atoms with Crippen LogP contribution in [0.3, 0.4) is 0 Å². The molecule has 0 aliphatic carbocycles. The fourth-order valence-electron chi connectivity index (χ4n) is 1.70. The van der Waals surface area contributed by atoms with Gasteiger partial charge in [0.15, 0.2) is 0 Å². The lowest BCUT2D eigenvalue weighted by Gasteiger charge is -2.21. The molecule has 20 heavy (non-hydrogen) atoms. The van der Waals surface area contributed by atoms with Gasteiger partial charge in [0.05, 0.1) is 12.7 Å². The van der Waals surface area contributed by atoms with Crippen LogP contribution in [0.1, 0.15) is 38.7 Å². The predicted molar refractivity (Wildman–Crippen MR) is 78.4 cm³/mol. The zero-order chi connectivity index (χ0) is 15.0. The molecule has 1 aromatic rings. The molecule has 0 spiro atoms. The minimum atomic E-state index is -0.770. The summed E-state index contributed by atoms with van der Waals surface area (Å²) in [7, 11) is 0. The highest BCUT2D eigenvalue weighted by molar-refractivity contribution is 5.77. The molecule has 4 nitrogen and oxygen atoms in total. The van der Waals surface area contributed by atoms with Gasteiger partial charge in [-0.25, -0.2) is 0 Å². The highest BCUT2D eigenvalue weighted by atomic mass is 16.5. The molecule has 108 valence electrons. The number of aryl methyl sites for hydroxylation is 1. The normalized spacial score (nSPS) is 13.1. The van der Waals surface area contributed by atoms with E-state index in [1.54, 1.807) is 6.92 Å². The summed E-state index contributed by atoms with van der Waals surface area (Å²) in [5.74, 6) is 0.743. The fourth-order valence-corrected chi connectivity index (χ4v) is 1.70. The Morgan fingerprint density at radius 3 is 2.75 bits per heavy atom. The van der Waals surface area contributed by atoms with Crippen molar-refractivity contribution < 1.29 is 9.53 Å². The van der Waals surface area contributed by atoms with Crippen LogP contribution in [0, 0.1) is 18.3 Å². The third-order valence-corrected chi connectivity index (χ3v) is 3.27. The van der Waals surface area contributed by atoms with E-state index in [2.05, 4.69) is 11.4 Å². The molecule has 1 rings (SSSR count). The Balaban J connectivity index is 2.30. The Bertz CT molecular complexity index is 493. The Morgan fingerprint density at radius 2 is 2.15 bits per heavy atom. The summed E-state index contributed by atoms with van der Waals surface area (Å²) in [6.07, 6.45) is 1.59. The van der Waals surface area contributed by atoms with Crippen LogP contribution in [0.15, 0.2) is 24.3 Å². The van der Waals surface area contributed by atoms with Crippen molar-refractivity contribution in [2.24, 2.45) is 0 Å². The smallest absolute Gasteiger partial charge is 0.221 e. The van der Waals surface area contributed by atoms with Crippen molar-refractivity contribution in [2.75, 3.05) is 6.61 Å². The molecule has 1 amide bonds. The molecule has 0 bridgehead atoms. The second-order valence-electron chi connectivity index (χ2n) is 5.06. The molecular formula is C16H22N2O2. The van der Waals surface area contributed by atoms with Gasteiger partial charge in [0, 0.05) is 6.42 Å². The van der Waals surface area contributed by atoms with E-state index in [0.29, 0.717) is 25.9 Å². The van der Waals surface area contributed by atoms with Crippen molar-refractivity contribution in [1.82, 2.24) is 5.32 Å². The van der Waals surface area contributed by atoms with Gasteiger partial charge in [0.25, 0.3) is 0 Å². The van der Waals surface area contributed by atoms with Gasteiger partial charge in [-0.15, -0.1) is 0 Å². The van der Waals surface area contributed by atoms with Crippen LogP contribution in [0.25, 0.3) is 0 Å². The number of ether oxygens (including phenoxy) is 1. The number of carbonyl (C=O) groups excluding carboxylic acids is 1. The largest absolute Gasteiger partial charge is 0.493 e. The molecule has 1 atom stereocenters. The molecule has 1 unspecified atom stereocenters. The number of amides is 1. The number of nitrogens with one attached hydrogen (secondary N) is 1. The SMILES string of the molecule is CCC(C)(C#N)NC(=O)CCCOc1ccccc1C. The van der Waals surface area contributed by atoms with Crippen molar-refractivity contribution in [3.63, 3.8) is 0 Å². The highest BCUT2D eigenvalue weighted by Crippen LogP contribution is 2.16. The molecular weight excluding hydrogens is 252 g/mol. The zero-order valence-corrected chi connectivity index (χ0v) is 12.4. The molecule has 0 radical (unpaired) electrons. The Morgan fingerprint density at radius 1 is 1.45 bits per heavy atom. The van der Waals surface area contributed by atoms with Gasteiger partial charge < -0.3 is 10.1 Å². The van der Waals surface area contributed by atoms with Crippen LogP contribution in [0.5, 0.6) is 5.75 Å². The van der Waals surface area contributed by atoms with Crippen molar-refractivity contribution in [1.29, 1.82) is 5.26 Å². The van der Waals surface area contributed by atoms with E-state index in [4.69, 9.17) is 10.00 Å². The number of carbonyl (C=O) groups is 1. The van der Waals surface area contributed by atoms with Crippen LogP contribution in [0.2, 0.25) is 0 Å². The minimum Gasteiger partial charge on any atom is -0.493 e. The summed E-state index contributed by atoms with van der Waals surface area (Å²) >= 11 is 0. The molecule has 0 aliphatic heterocycles. The van der Waals surface area contributed by atoms with Crippen LogP contribution in [-0.2, 0) is 4.79 Å². The molecule has 1 N–H and O–H groups in total. The van der Waals surface area contributed by atoms with E-state index in [1.165, 1.54) is 0 Å². The summed E-state index contributed by atoms with van der Waals surface area (Å²) in [6, 6.07) is 9.91. The number of hydrogen-bond donors (Lipinski definition) is 1. The molecule has 0 heterocycles. The average molecular weight is 274 g/mol. The first-order valence-corrected chi connectivity index (χ1v) is 6.91. The maximum atomic E-state index is 11.7. The lowest BCUT2D eigenvalue weighted by molar-refractivity contribution is -0.122. The molecule has 0 saturated heterocycles. The Labute approximate surface area is 120 Å². The van der Waals surface area contributed by atoms with E-state index >= 15 is 0 Å². The molecule has 0 aliphatic rings. The summed E-state index contributed by atoms with van der Waals surface area (Å²) < 4.78 is 5.62. The number of nitriles is 1. The van der Waals surface area contributed by atoms with Gasteiger partial charge in [-0.05, 0) is 38.3 Å². The quantitative estimate of drug-likeness (QED) is 0.777. The van der Waals surface area contributed by atoms with Gasteiger partial charge in [0.2, 0.25) is 5.91 Å². The monoisotopic (exact) mass is 274 g/mol. The molecule has 0 saturated carbocycles. The molecule has 4 heteroatoms. The first-order chi connectivity index (χ1) is 9.50. The van der Waals surface area contributed by atoms with Crippen molar-refractivity contribution in [2.45, 2.75) is 45.6 Å². The number of benzene rings is 1. The fraction of sp³-hybridized carbons (Fsp3) is 0.500. The van der Waals surface area contributed by atoms with E-state index < -0.39 is 5.54 Å². The highest BCUT2D eigenvalue weighted by Gasteiger charge is 2.22. The van der Waals surface area contributed by atoms with Crippen molar-refractivity contribution >= 4 is 5.91 Å². The van der Waals surface area contributed by atoms with Gasteiger partial charge in [-0.3, -0.25) is 4.79 Å². The van der Waals surface area contributed by atoms with Crippen LogP contribution in [-0.4, -0.2) is 18.1 Å². The van der Waals surface area contributed by atoms with Gasteiger partial charge >= 0.3 is 0 Å². The Kier molecular flexibility index (Phi) is 6.05. The summed E-state index contributed by atoms with van der Waals surface area (Å²) in [5, 5.41) is 11.7. The van der Waals surface area contributed by atoms with Crippen molar-refractivity contribution in [3.8, 4) is 11.8 Å². The zero-order valence-electron chi connectivity index (χ0n) is 12.4. The summed E-state index contributed by atoms with van der Waals surface area (Å²) in [5.41, 5.74) is 0.313. The first-order valence-electron chi connectivity index (χ1n) is 6.91. The maximum absolute atomic E-state index is 11.7. The lowest BCUT2D eigenvalue weighted by Crippen LogP contribution is -2.44. The predicted octanol–water partition coefficient (Wildman–Crippen LogP) is 2.96. The van der Waals surface area contributed by atoms with Gasteiger partial charge in [-0.1, -0.05) is 25.1 Å². The standard InChI is InChI=1S/C16H22N2O2/c1-4-16(3,12-17)18-15(19)10-7-11-20-14-9-6-5-8-13(14)2/h5-6,8-9H,4,7,10-11H2,1-3H3,(H,18,19). The molecule has 0 aromatic heterocycles. The van der Waals surface area contributed by atoms with E-state index in [-0.39, 0.29) is 5.91 Å². The third-order valence-electron chi connectivity index (χ3n) is 3.27. The average Bonchev–Trinajstić information content (AvgIpc) is 2.45. The summed E-state index contributed by atoms with van der Waals surface area (Å²) in [6.45, 7) is 6.09. The van der Waals surface area contributed by atoms with E-state index in [1.807, 2.05) is 38.1 Å². The van der Waals surface area contributed by atoms with Crippen LogP contribution >= 0.6 is 0 Å². The first kappa shape index (κ1) is 16.0. The lowest BCUT2D eigenvalue weighted by atomic mass is 10.0. The molecule has 1 aromatic carbocycles. The van der Waals surface area contributed by atoms with Gasteiger partial charge in [-0.2, -0.15) is 5.26 Å². The number of rotatable bonds is 7. The number of nitrogens with zero attached hydrogens (tertiary/aromatic N) is 1. The molecule has 0 fully saturated rings. The van der Waals surface area contributed by atoms with Crippen LogP contribution in [0.4, 0.5) is 0 Å². The minimum absolute atomic E-state index is 0.107. The van der Waals surface area contributed by atoms with Crippen LogP contribution < -0.4 is 10.1 Å². The summed E-state index contributed by atoms with van der Waals surface area (Å²) in [4.78, 5) is 11.7. The van der Waals surface area contributed by atoms with E-state index in [0.717, 1.165) is 11.3 Å². The second-order valence-corrected chi connectivity index (χ2v) is 5.06. The van der Waals surface area contributed by atoms with Crippen molar-refractivity contribution in [3.05, 3.63) is 29.8 Å². The topological polar surface area (TPSA) is 62.1 Å². The number of hydrogen-bond acceptors (Lipinski definition) is 3. The Hall–Kier alpha value is -2.02. The maximum Gasteiger partial charge on any atom is 0.221 e. The van der Waals surface area contributed by atoms with Gasteiger partial charge in [0.1, 0.15) is 11.3 Å². The third kappa shape index (κ3) is 4.93. The second kappa shape index (κ2) is 7.54.